The normalized spacial score (nSPS) is 12.7. The number of anilines is 1. The van der Waals surface area contributed by atoms with Crippen molar-refractivity contribution >= 4 is 29.1 Å². The Labute approximate surface area is 185 Å². The van der Waals surface area contributed by atoms with E-state index in [9.17, 15) is 24.2 Å². The van der Waals surface area contributed by atoms with Crippen LogP contribution in [0.5, 0.6) is 0 Å². The number of hydrogen-bond acceptors (Lipinski definition) is 5. The van der Waals surface area contributed by atoms with E-state index < -0.39 is 24.0 Å². The number of aliphatic hydroxyl groups is 2. The largest absolute Gasteiger partial charge is 0.380 e. The van der Waals surface area contributed by atoms with E-state index >= 15 is 0 Å². The molecule has 168 valence electrons. The number of amides is 2. The monoisotopic (exact) mass is 451 g/mol. The molecule has 0 aliphatic heterocycles. The molecule has 0 radical (unpaired) electrons. The second kappa shape index (κ2) is 12.2. The summed E-state index contributed by atoms with van der Waals surface area (Å²) in [7, 11) is 0. The molecule has 2 atom stereocenters. The van der Waals surface area contributed by atoms with Gasteiger partial charge >= 0.3 is 0 Å². The van der Waals surface area contributed by atoms with Gasteiger partial charge in [-0.25, -0.2) is 4.39 Å². The van der Waals surface area contributed by atoms with Crippen LogP contribution in [-0.2, 0) is 16.0 Å². The molecular weight excluding hydrogens is 425 g/mol. The maximum atomic E-state index is 13.1. The van der Waals surface area contributed by atoms with Gasteiger partial charge in [0.15, 0.2) is 12.2 Å². The van der Waals surface area contributed by atoms with Crippen LogP contribution in [0, 0.1) is 5.82 Å². The van der Waals surface area contributed by atoms with Crippen molar-refractivity contribution < 1.29 is 24.2 Å². The van der Waals surface area contributed by atoms with Gasteiger partial charge in [0.25, 0.3) is 11.8 Å². The van der Waals surface area contributed by atoms with Gasteiger partial charge in [-0.15, -0.1) is 0 Å². The number of likely N-dealkylation sites (N-methyl/N-ethyl adjacent to an activating group) is 1. The van der Waals surface area contributed by atoms with E-state index in [0.29, 0.717) is 24.5 Å². The molecule has 0 saturated carbocycles. The van der Waals surface area contributed by atoms with E-state index in [1.54, 1.807) is 30.3 Å². The summed E-state index contributed by atoms with van der Waals surface area (Å²) in [5.41, 5.74) is 1.69. The minimum atomic E-state index is -1.90. The minimum Gasteiger partial charge on any atom is -0.380 e. The number of hydrogen-bond donors (Lipinski definition) is 4. The van der Waals surface area contributed by atoms with Crippen molar-refractivity contribution in [3.8, 4) is 0 Å². The van der Waals surface area contributed by atoms with Gasteiger partial charge in [0.1, 0.15) is 5.82 Å². The number of benzene rings is 2. The molecule has 9 heteroatoms. The van der Waals surface area contributed by atoms with E-state index in [1.807, 2.05) is 17.9 Å². The quantitative estimate of drug-likeness (QED) is 0.415. The van der Waals surface area contributed by atoms with Crippen LogP contribution < -0.4 is 15.5 Å². The second-order valence-electron chi connectivity index (χ2n) is 6.91. The molecule has 0 bridgehead atoms. The highest BCUT2D eigenvalue weighted by Gasteiger charge is 2.29. The van der Waals surface area contributed by atoms with Crippen molar-refractivity contribution in [2.45, 2.75) is 25.6 Å². The van der Waals surface area contributed by atoms with Gasteiger partial charge in [-0.3, -0.25) is 9.59 Å². The number of nitrogens with one attached hydrogen (secondary N) is 2. The Morgan fingerprint density at radius 2 is 1.65 bits per heavy atom. The fraction of sp³-hybridized carbons (Fsp3) is 0.364. The van der Waals surface area contributed by atoms with Gasteiger partial charge in [-0.2, -0.15) is 0 Å². The standard InChI is InChI=1S/C22H27ClFN3O4/c1-2-27(18-8-6-17(24)7-9-18)13-12-26-22(31)20(29)19(28)21(30)25-11-10-15-4-3-5-16(23)14-15/h3-9,14,19-20,28-29H,2,10-13H2,1H3,(H,25,30)(H,26,31)/t19?,20-/m1/s1. The Bertz CT molecular complexity index is 866. The summed E-state index contributed by atoms with van der Waals surface area (Å²) in [5.74, 6) is -2.03. The number of rotatable bonds is 11. The zero-order valence-corrected chi connectivity index (χ0v) is 18.0. The van der Waals surface area contributed by atoms with Crippen molar-refractivity contribution in [2.24, 2.45) is 0 Å². The minimum absolute atomic E-state index is 0.171. The Morgan fingerprint density at radius 3 is 2.23 bits per heavy atom. The lowest BCUT2D eigenvalue weighted by atomic mass is 10.1. The van der Waals surface area contributed by atoms with E-state index in [4.69, 9.17) is 11.6 Å². The Hall–Kier alpha value is -2.68. The molecule has 0 aliphatic rings. The molecule has 31 heavy (non-hydrogen) atoms. The number of nitrogens with zero attached hydrogens (tertiary/aromatic N) is 1. The van der Waals surface area contributed by atoms with E-state index in [2.05, 4.69) is 10.6 Å². The lowest BCUT2D eigenvalue weighted by molar-refractivity contribution is -0.145. The topological polar surface area (TPSA) is 102 Å². The lowest BCUT2D eigenvalue weighted by Gasteiger charge is -2.24. The average Bonchev–Trinajstić information content (AvgIpc) is 2.76. The molecule has 2 amide bonds. The molecule has 2 rings (SSSR count). The van der Waals surface area contributed by atoms with Crippen LogP contribution in [0.2, 0.25) is 5.02 Å². The van der Waals surface area contributed by atoms with E-state index in [0.717, 1.165) is 11.3 Å². The summed E-state index contributed by atoms with van der Waals surface area (Å²) >= 11 is 5.90. The molecule has 0 heterocycles. The molecule has 0 spiro atoms. The molecule has 4 N–H and O–H groups in total. The van der Waals surface area contributed by atoms with E-state index in [-0.39, 0.29) is 18.9 Å². The third kappa shape index (κ3) is 7.82. The van der Waals surface area contributed by atoms with Crippen LogP contribution in [-0.4, -0.2) is 60.4 Å². The summed E-state index contributed by atoms with van der Waals surface area (Å²) in [6.45, 7) is 3.33. The molecule has 0 saturated heterocycles. The average molecular weight is 452 g/mol. The van der Waals surface area contributed by atoms with Crippen molar-refractivity contribution in [3.05, 3.63) is 64.9 Å². The van der Waals surface area contributed by atoms with Crippen LogP contribution in [0.25, 0.3) is 0 Å². The van der Waals surface area contributed by atoms with Crippen LogP contribution in [0.4, 0.5) is 10.1 Å². The van der Waals surface area contributed by atoms with Gasteiger partial charge in [0.05, 0.1) is 0 Å². The molecule has 7 nitrogen and oxygen atoms in total. The SMILES string of the molecule is CCN(CCNC(=O)[C@H](O)C(O)C(=O)NCCc1cccc(Cl)c1)c1ccc(F)cc1. The summed E-state index contributed by atoms with van der Waals surface area (Å²) < 4.78 is 13.1. The Morgan fingerprint density at radius 1 is 1.03 bits per heavy atom. The number of carbonyl (C=O) groups is 2. The van der Waals surface area contributed by atoms with Crippen LogP contribution in [0.3, 0.4) is 0 Å². The van der Waals surface area contributed by atoms with Crippen molar-refractivity contribution in [1.29, 1.82) is 0 Å². The summed E-state index contributed by atoms with van der Waals surface area (Å²) in [4.78, 5) is 26.0. The van der Waals surface area contributed by atoms with Crippen molar-refractivity contribution in [3.63, 3.8) is 0 Å². The molecular formula is C22H27ClFN3O4. The van der Waals surface area contributed by atoms with Gasteiger partial charge in [-0.1, -0.05) is 23.7 Å². The maximum absolute atomic E-state index is 13.1. The second-order valence-corrected chi connectivity index (χ2v) is 7.34. The number of carbonyl (C=O) groups excluding carboxylic acids is 2. The van der Waals surface area contributed by atoms with Crippen molar-refractivity contribution in [2.75, 3.05) is 31.1 Å². The lowest BCUT2D eigenvalue weighted by Crippen LogP contribution is -2.50. The van der Waals surface area contributed by atoms with Gasteiger partial charge < -0.3 is 25.7 Å². The first-order chi connectivity index (χ1) is 14.8. The third-order valence-corrected chi connectivity index (χ3v) is 4.93. The van der Waals surface area contributed by atoms with Gasteiger partial charge in [0.2, 0.25) is 0 Å². The van der Waals surface area contributed by atoms with Gasteiger partial charge in [-0.05, 0) is 55.3 Å². The summed E-state index contributed by atoms with van der Waals surface area (Å²) in [5, 5.41) is 25.5. The highest BCUT2D eigenvalue weighted by molar-refractivity contribution is 6.30. The highest BCUT2D eigenvalue weighted by Crippen LogP contribution is 2.14. The first-order valence-corrected chi connectivity index (χ1v) is 10.4. The molecule has 0 fully saturated rings. The van der Waals surface area contributed by atoms with Crippen LogP contribution in [0.15, 0.2) is 48.5 Å². The van der Waals surface area contributed by atoms with Crippen molar-refractivity contribution in [1.82, 2.24) is 10.6 Å². The first kappa shape index (κ1) is 24.6. The van der Waals surface area contributed by atoms with Gasteiger partial charge in [0, 0.05) is 36.9 Å². The molecule has 0 aromatic heterocycles. The fourth-order valence-corrected chi connectivity index (χ4v) is 3.17. The highest BCUT2D eigenvalue weighted by atomic mass is 35.5. The Kier molecular flexibility index (Phi) is 9.71. The molecule has 2 aromatic carbocycles. The zero-order valence-electron chi connectivity index (χ0n) is 17.2. The van der Waals surface area contributed by atoms with Crippen LogP contribution in [0.1, 0.15) is 12.5 Å². The molecule has 0 aliphatic carbocycles. The molecule has 1 unspecified atom stereocenters. The number of halogens is 2. The fourth-order valence-electron chi connectivity index (χ4n) is 2.95. The summed E-state index contributed by atoms with van der Waals surface area (Å²) in [6.07, 6.45) is -3.30. The van der Waals surface area contributed by atoms with E-state index in [1.165, 1.54) is 12.1 Å². The van der Waals surface area contributed by atoms with Crippen LogP contribution >= 0.6 is 11.6 Å². The first-order valence-electron chi connectivity index (χ1n) is 9.98. The third-order valence-electron chi connectivity index (χ3n) is 4.69. The zero-order chi connectivity index (χ0) is 22.8. The predicted molar refractivity (Wildman–Crippen MR) is 117 cm³/mol. The summed E-state index contributed by atoms with van der Waals surface area (Å²) in [6, 6.07) is 13.1. The smallest absolute Gasteiger partial charge is 0.252 e. The maximum Gasteiger partial charge on any atom is 0.252 e. The number of aliphatic hydroxyl groups excluding tert-OH is 2. The Balaban J connectivity index is 1.75. The predicted octanol–water partition coefficient (Wildman–Crippen LogP) is 1.50. The molecule has 2 aromatic rings.